The summed E-state index contributed by atoms with van der Waals surface area (Å²) < 4.78 is 3.92. The van der Waals surface area contributed by atoms with Gasteiger partial charge in [-0.1, -0.05) is 6.58 Å². The summed E-state index contributed by atoms with van der Waals surface area (Å²) >= 11 is 0. The smallest absolute Gasteiger partial charge is 0.371 e. The first-order valence-electron chi connectivity index (χ1n) is 2.39. The lowest BCUT2D eigenvalue weighted by atomic mass is 10.4. The molecule has 0 aliphatic heterocycles. The normalized spacial score (nSPS) is 8.20. The van der Waals surface area contributed by atoms with Crippen LogP contribution in [0.1, 0.15) is 6.92 Å². The SMILES string of the molecule is C=C(C)C(=O)OC(=O)NO. The van der Waals surface area contributed by atoms with E-state index >= 15 is 0 Å². The van der Waals surface area contributed by atoms with E-state index in [0.29, 0.717) is 0 Å². The third kappa shape index (κ3) is 2.83. The van der Waals surface area contributed by atoms with Gasteiger partial charge in [0.1, 0.15) is 0 Å². The maximum absolute atomic E-state index is 10.4. The van der Waals surface area contributed by atoms with E-state index in [1.54, 1.807) is 0 Å². The van der Waals surface area contributed by atoms with Crippen molar-refractivity contribution in [2.24, 2.45) is 0 Å². The Labute approximate surface area is 57.2 Å². The van der Waals surface area contributed by atoms with Gasteiger partial charge in [-0.25, -0.2) is 15.1 Å². The molecule has 0 aromatic heterocycles. The summed E-state index contributed by atoms with van der Waals surface area (Å²) in [5.41, 5.74) is 1.21. The number of amides is 1. The molecule has 0 heterocycles. The quantitative estimate of drug-likeness (QED) is 0.182. The van der Waals surface area contributed by atoms with Crippen LogP contribution in [0.5, 0.6) is 0 Å². The fraction of sp³-hybridized carbons (Fsp3) is 0.200. The molecule has 0 fully saturated rings. The van der Waals surface area contributed by atoms with E-state index in [4.69, 9.17) is 5.21 Å². The number of carbonyl (C=O) groups is 2. The van der Waals surface area contributed by atoms with Crippen LogP contribution in [0.25, 0.3) is 0 Å². The van der Waals surface area contributed by atoms with Gasteiger partial charge in [-0.05, 0) is 6.92 Å². The summed E-state index contributed by atoms with van der Waals surface area (Å²) in [4.78, 5) is 20.5. The molecule has 0 saturated heterocycles. The Hall–Kier alpha value is -1.36. The lowest BCUT2D eigenvalue weighted by Crippen LogP contribution is -2.23. The van der Waals surface area contributed by atoms with Gasteiger partial charge in [-0.15, -0.1) is 0 Å². The summed E-state index contributed by atoms with van der Waals surface area (Å²) in [5, 5.41) is 7.86. The topological polar surface area (TPSA) is 75.6 Å². The Bertz CT molecular complexity index is 174. The zero-order valence-corrected chi connectivity index (χ0v) is 5.38. The molecular formula is C5H7NO4. The molecule has 0 aromatic rings. The molecule has 0 spiro atoms. The number of carbonyl (C=O) groups excluding carboxylic acids is 2. The minimum absolute atomic E-state index is 0.0867. The molecule has 0 unspecified atom stereocenters. The van der Waals surface area contributed by atoms with E-state index in [2.05, 4.69) is 11.3 Å². The van der Waals surface area contributed by atoms with Crippen LogP contribution < -0.4 is 5.48 Å². The number of rotatable bonds is 1. The van der Waals surface area contributed by atoms with Crippen molar-refractivity contribution in [3.63, 3.8) is 0 Å². The van der Waals surface area contributed by atoms with Crippen molar-refractivity contribution in [3.05, 3.63) is 12.2 Å². The fourth-order valence-electron chi connectivity index (χ4n) is 0.194. The number of hydroxylamine groups is 1. The molecule has 0 bridgehead atoms. The highest BCUT2D eigenvalue weighted by atomic mass is 16.6. The van der Waals surface area contributed by atoms with Gasteiger partial charge in [0.25, 0.3) is 0 Å². The molecular weight excluding hydrogens is 138 g/mol. The lowest BCUT2D eigenvalue weighted by molar-refractivity contribution is -0.133. The van der Waals surface area contributed by atoms with Crippen LogP contribution in [0.2, 0.25) is 0 Å². The second kappa shape index (κ2) is 3.62. The largest absolute Gasteiger partial charge is 0.439 e. The van der Waals surface area contributed by atoms with Gasteiger partial charge in [-0.2, -0.15) is 0 Å². The first-order valence-corrected chi connectivity index (χ1v) is 2.39. The fourth-order valence-corrected chi connectivity index (χ4v) is 0.194. The van der Waals surface area contributed by atoms with E-state index in [1.807, 2.05) is 0 Å². The van der Waals surface area contributed by atoms with Crippen LogP contribution in [0.4, 0.5) is 4.79 Å². The van der Waals surface area contributed by atoms with Crippen molar-refractivity contribution in [1.29, 1.82) is 0 Å². The van der Waals surface area contributed by atoms with E-state index in [-0.39, 0.29) is 5.57 Å². The van der Waals surface area contributed by atoms with Crippen molar-refractivity contribution in [2.75, 3.05) is 0 Å². The zero-order valence-electron chi connectivity index (χ0n) is 5.38. The number of hydrogen-bond acceptors (Lipinski definition) is 4. The van der Waals surface area contributed by atoms with Crippen LogP contribution in [-0.4, -0.2) is 17.3 Å². The summed E-state index contributed by atoms with van der Waals surface area (Å²) in [5.74, 6) is -0.869. The van der Waals surface area contributed by atoms with Gasteiger partial charge >= 0.3 is 12.1 Å². The highest BCUT2D eigenvalue weighted by Gasteiger charge is 2.08. The Balaban J connectivity index is 3.80. The van der Waals surface area contributed by atoms with Gasteiger partial charge in [0.05, 0.1) is 0 Å². The first-order chi connectivity index (χ1) is 4.57. The number of nitrogens with one attached hydrogen (secondary N) is 1. The maximum atomic E-state index is 10.4. The molecule has 0 aliphatic carbocycles. The molecule has 1 amide bonds. The van der Waals surface area contributed by atoms with Crippen LogP contribution in [0.3, 0.4) is 0 Å². The minimum atomic E-state index is -1.21. The van der Waals surface area contributed by atoms with Gasteiger partial charge in [0, 0.05) is 5.57 Å². The molecule has 2 N–H and O–H groups in total. The summed E-state index contributed by atoms with van der Waals surface area (Å²) in [6.07, 6.45) is -1.21. The second-order valence-corrected chi connectivity index (χ2v) is 1.57. The van der Waals surface area contributed by atoms with E-state index in [9.17, 15) is 9.59 Å². The van der Waals surface area contributed by atoms with E-state index in [1.165, 1.54) is 6.92 Å². The molecule has 10 heavy (non-hydrogen) atoms. The molecule has 0 saturated carbocycles. The highest BCUT2D eigenvalue weighted by Crippen LogP contribution is 1.90. The summed E-state index contributed by atoms with van der Waals surface area (Å²) in [6.45, 7) is 4.59. The molecule has 0 atom stereocenters. The first kappa shape index (κ1) is 8.64. The van der Waals surface area contributed by atoms with Crippen molar-refractivity contribution >= 4 is 12.1 Å². The zero-order chi connectivity index (χ0) is 8.15. The highest BCUT2D eigenvalue weighted by molar-refractivity contribution is 5.94. The number of ether oxygens (including phenoxy) is 1. The predicted octanol–water partition coefficient (Wildman–Crippen LogP) is 0.204. The third-order valence-corrected chi connectivity index (χ3v) is 0.625. The van der Waals surface area contributed by atoms with Crippen LogP contribution in [-0.2, 0) is 9.53 Å². The molecule has 0 radical (unpaired) electrons. The van der Waals surface area contributed by atoms with Crippen LogP contribution in [0, 0.1) is 0 Å². The second-order valence-electron chi connectivity index (χ2n) is 1.57. The molecule has 5 nitrogen and oxygen atoms in total. The predicted molar refractivity (Wildman–Crippen MR) is 31.2 cm³/mol. The Morgan fingerprint density at radius 2 is 2.10 bits per heavy atom. The minimum Gasteiger partial charge on any atom is -0.371 e. The Morgan fingerprint density at radius 1 is 1.60 bits per heavy atom. The van der Waals surface area contributed by atoms with Crippen molar-refractivity contribution in [2.45, 2.75) is 6.92 Å². The lowest BCUT2D eigenvalue weighted by Gasteiger charge is -1.97. The number of esters is 1. The van der Waals surface area contributed by atoms with Crippen molar-refractivity contribution in [1.82, 2.24) is 5.48 Å². The Morgan fingerprint density at radius 3 is 2.40 bits per heavy atom. The van der Waals surface area contributed by atoms with Gasteiger partial charge in [0.2, 0.25) is 0 Å². The van der Waals surface area contributed by atoms with Crippen molar-refractivity contribution < 1.29 is 19.5 Å². The van der Waals surface area contributed by atoms with E-state index < -0.39 is 12.1 Å². The van der Waals surface area contributed by atoms with Crippen LogP contribution in [0.15, 0.2) is 12.2 Å². The average molecular weight is 145 g/mol. The molecule has 0 rings (SSSR count). The van der Waals surface area contributed by atoms with Crippen LogP contribution >= 0.6 is 0 Å². The summed E-state index contributed by atoms with van der Waals surface area (Å²) in [6, 6.07) is 0. The average Bonchev–Trinajstić information content (AvgIpc) is 1.87. The van der Waals surface area contributed by atoms with Gasteiger partial charge < -0.3 is 4.74 Å². The molecule has 0 aliphatic rings. The standard InChI is InChI=1S/C5H7NO4/c1-3(2)4(7)10-5(8)6-9/h9H,1H2,2H3,(H,6,8). The van der Waals surface area contributed by atoms with Gasteiger partial charge in [0.15, 0.2) is 0 Å². The third-order valence-electron chi connectivity index (χ3n) is 0.625. The Kier molecular flexibility index (Phi) is 3.13. The monoisotopic (exact) mass is 145 g/mol. The van der Waals surface area contributed by atoms with Crippen molar-refractivity contribution in [3.8, 4) is 0 Å². The molecule has 56 valence electrons. The molecule has 5 heteroatoms. The summed E-state index contributed by atoms with van der Waals surface area (Å²) in [7, 11) is 0. The number of hydrogen-bond donors (Lipinski definition) is 2. The molecule has 0 aromatic carbocycles. The van der Waals surface area contributed by atoms with Gasteiger partial charge in [-0.3, -0.25) is 5.21 Å². The van der Waals surface area contributed by atoms with E-state index in [0.717, 1.165) is 5.48 Å². The maximum Gasteiger partial charge on any atom is 0.439 e.